The summed E-state index contributed by atoms with van der Waals surface area (Å²) in [6.45, 7) is -0.265. The fourth-order valence-electron chi connectivity index (χ4n) is 2.78. The number of hydrogen-bond acceptors (Lipinski definition) is 6. The van der Waals surface area contributed by atoms with Gasteiger partial charge in [-0.3, -0.25) is 9.59 Å². The van der Waals surface area contributed by atoms with Gasteiger partial charge in [0.2, 0.25) is 0 Å². The Kier molecular flexibility index (Phi) is 5.99. The van der Waals surface area contributed by atoms with Crippen molar-refractivity contribution in [3.63, 3.8) is 0 Å². The van der Waals surface area contributed by atoms with E-state index < -0.39 is 5.91 Å². The zero-order valence-electron chi connectivity index (χ0n) is 15.8. The van der Waals surface area contributed by atoms with E-state index in [1.165, 1.54) is 19.1 Å². The number of methoxy groups -OCH3 is 2. The van der Waals surface area contributed by atoms with E-state index in [2.05, 4.69) is 5.32 Å². The lowest BCUT2D eigenvalue weighted by Crippen LogP contribution is -2.30. The minimum atomic E-state index is -0.594. The summed E-state index contributed by atoms with van der Waals surface area (Å²) in [6, 6.07) is 12.1. The van der Waals surface area contributed by atoms with Gasteiger partial charge in [-0.05, 0) is 48.1 Å². The Morgan fingerprint density at radius 1 is 1.14 bits per heavy atom. The van der Waals surface area contributed by atoms with Crippen LogP contribution in [0.25, 0.3) is 6.08 Å². The normalized spacial score (nSPS) is 14.7. The lowest BCUT2D eigenvalue weighted by Gasteiger charge is -2.17. The lowest BCUT2D eigenvalue weighted by molar-refractivity contribution is -0.120. The van der Waals surface area contributed by atoms with Gasteiger partial charge >= 0.3 is 0 Å². The topological polar surface area (TPSA) is 103 Å². The van der Waals surface area contributed by atoms with Crippen molar-refractivity contribution in [1.82, 2.24) is 5.32 Å². The van der Waals surface area contributed by atoms with Gasteiger partial charge in [0.25, 0.3) is 11.8 Å². The Balaban J connectivity index is 1.88. The number of benzene rings is 2. The Hall–Kier alpha value is -3.59. The summed E-state index contributed by atoms with van der Waals surface area (Å²) < 4.78 is 15.9. The van der Waals surface area contributed by atoms with Crippen molar-refractivity contribution in [3.05, 3.63) is 53.7 Å². The molecule has 0 unspecified atom stereocenters. The van der Waals surface area contributed by atoms with Crippen molar-refractivity contribution < 1.29 is 23.8 Å². The van der Waals surface area contributed by atoms with E-state index in [-0.39, 0.29) is 17.6 Å². The van der Waals surface area contributed by atoms with Gasteiger partial charge in [-0.1, -0.05) is 18.2 Å². The summed E-state index contributed by atoms with van der Waals surface area (Å²) in [5, 5.41) is 3.17. The molecule has 1 fully saturated rings. The van der Waals surface area contributed by atoms with E-state index in [9.17, 15) is 9.59 Å². The van der Waals surface area contributed by atoms with Gasteiger partial charge in [0, 0.05) is 0 Å². The van der Waals surface area contributed by atoms with Gasteiger partial charge < -0.3 is 25.3 Å². The molecule has 2 amide bonds. The van der Waals surface area contributed by atoms with Crippen LogP contribution >= 0.6 is 12.2 Å². The first-order valence-electron chi connectivity index (χ1n) is 8.54. The third-order valence-corrected chi connectivity index (χ3v) is 4.36. The van der Waals surface area contributed by atoms with Gasteiger partial charge in [-0.25, -0.2) is 4.90 Å². The maximum absolute atomic E-state index is 12.9. The minimum absolute atomic E-state index is 0.249. The molecule has 1 heterocycles. The number of amides is 2. The number of ether oxygens (including phenoxy) is 3. The fourth-order valence-corrected chi connectivity index (χ4v) is 3.07. The van der Waals surface area contributed by atoms with Gasteiger partial charge in [0.15, 0.2) is 23.2 Å². The number of nitrogens with one attached hydrogen (secondary N) is 1. The van der Waals surface area contributed by atoms with Crippen LogP contribution in [-0.2, 0) is 9.59 Å². The van der Waals surface area contributed by atoms with Crippen LogP contribution in [0, 0.1) is 0 Å². The van der Waals surface area contributed by atoms with Crippen LogP contribution in [0.15, 0.2) is 48.2 Å². The van der Waals surface area contributed by atoms with Crippen molar-refractivity contribution in [2.75, 3.05) is 25.7 Å². The van der Waals surface area contributed by atoms with Gasteiger partial charge in [-0.2, -0.15) is 0 Å². The maximum atomic E-state index is 12.9. The minimum Gasteiger partial charge on any atom is -0.495 e. The van der Waals surface area contributed by atoms with Crippen LogP contribution in [0.2, 0.25) is 0 Å². The monoisotopic (exact) mass is 413 g/mol. The van der Waals surface area contributed by atoms with E-state index >= 15 is 0 Å². The van der Waals surface area contributed by atoms with Crippen LogP contribution in [0.5, 0.6) is 17.2 Å². The van der Waals surface area contributed by atoms with Crippen LogP contribution in [-0.4, -0.2) is 37.8 Å². The predicted octanol–water partition coefficient (Wildman–Crippen LogP) is 1.83. The number of anilines is 1. The van der Waals surface area contributed by atoms with E-state index in [0.717, 1.165) is 0 Å². The van der Waals surface area contributed by atoms with Crippen molar-refractivity contribution in [2.24, 2.45) is 5.73 Å². The van der Waals surface area contributed by atoms with Crippen LogP contribution < -0.4 is 30.2 Å². The molecule has 1 aliphatic rings. The zero-order valence-corrected chi connectivity index (χ0v) is 16.6. The number of para-hydroxylation sites is 2. The molecule has 2 aromatic rings. The predicted molar refractivity (Wildman–Crippen MR) is 112 cm³/mol. The SMILES string of the molecule is COc1cc(/C=C2/NC(=S)N(c3ccccc3OC)C2=O)ccc1OCC(N)=O. The third kappa shape index (κ3) is 4.30. The van der Waals surface area contributed by atoms with Gasteiger partial charge in [0.05, 0.1) is 19.9 Å². The lowest BCUT2D eigenvalue weighted by atomic mass is 10.1. The number of carbonyl (C=O) groups is 2. The molecule has 0 bridgehead atoms. The highest BCUT2D eigenvalue weighted by molar-refractivity contribution is 7.80. The second-order valence-corrected chi connectivity index (χ2v) is 6.35. The Labute approximate surface area is 172 Å². The van der Waals surface area contributed by atoms with Crippen molar-refractivity contribution in [3.8, 4) is 17.2 Å². The molecule has 0 aliphatic carbocycles. The Morgan fingerprint density at radius 3 is 2.55 bits per heavy atom. The van der Waals surface area contributed by atoms with Crippen molar-refractivity contribution in [2.45, 2.75) is 0 Å². The molecule has 3 N–H and O–H groups in total. The molecule has 29 heavy (non-hydrogen) atoms. The summed E-state index contributed by atoms with van der Waals surface area (Å²) in [6.07, 6.45) is 1.64. The van der Waals surface area contributed by atoms with Gasteiger partial charge in [0.1, 0.15) is 11.4 Å². The molecule has 0 saturated carbocycles. The molecule has 2 aromatic carbocycles. The Morgan fingerprint density at radius 2 is 1.86 bits per heavy atom. The molecule has 8 nitrogen and oxygen atoms in total. The number of nitrogens with zero attached hydrogens (tertiary/aromatic N) is 1. The number of carbonyl (C=O) groups excluding carboxylic acids is 2. The highest BCUT2D eigenvalue weighted by Crippen LogP contribution is 2.32. The highest BCUT2D eigenvalue weighted by Gasteiger charge is 2.33. The molecule has 0 aromatic heterocycles. The molecule has 0 atom stereocenters. The van der Waals surface area contributed by atoms with Crippen molar-refractivity contribution >= 4 is 40.9 Å². The molecular weight excluding hydrogens is 394 g/mol. The van der Waals surface area contributed by atoms with Crippen LogP contribution in [0.4, 0.5) is 5.69 Å². The van der Waals surface area contributed by atoms with E-state index in [1.807, 2.05) is 6.07 Å². The second-order valence-electron chi connectivity index (χ2n) is 5.97. The maximum Gasteiger partial charge on any atom is 0.281 e. The number of nitrogens with two attached hydrogens (primary N) is 1. The summed E-state index contributed by atoms with van der Waals surface area (Å²) in [5.74, 6) is 0.390. The first-order chi connectivity index (χ1) is 13.9. The number of hydrogen-bond donors (Lipinski definition) is 2. The molecule has 3 rings (SSSR count). The number of primary amides is 1. The molecular formula is C20H19N3O5S. The standard InChI is InChI=1S/C20H19N3O5S/c1-26-15-6-4-3-5-14(15)23-19(25)13(22-20(23)29)9-12-7-8-16(17(10-12)27-2)28-11-18(21)24/h3-10H,11H2,1-2H3,(H2,21,24)(H,22,29)/b13-9+. The van der Waals surface area contributed by atoms with Crippen LogP contribution in [0.1, 0.15) is 5.56 Å². The fraction of sp³-hybridized carbons (Fsp3) is 0.150. The molecule has 1 aliphatic heterocycles. The van der Waals surface area contributed by atoms with E-state index in [1.54, 1.807) is 42.5 Å². The van der Waals surface area contributed by atoms with E-state index in [4.69, 9.17) is 32.2 Å². The third-order valence-electron chi connectivity index (χ3n) is 4.07. The number of rotatable bonds is 7. The molecule has 0 radical (unpaired) electrons. The van der Waals surface area contributed by atoms with Gasteiger partial charge in [-0.15, -0.1) is 0 Å². The average Bonchev–Trinajstić information content (AvgIpc) is 2.99. The number of thiocarbonyl (C=S) groups is 1. The summed E-state index contributed by atoms with van der Waals surface area (Å²) in [7, 11) is 3.00. The first kappa shape index (κ1) is 20.2. The summed E-state index contributed by atoms with van der Waals surface area (Å²) >= 11 is 5.34. The van der Waals surface area contributed by atoms with Crippen LogP contribution in [0.3, 0.4) is 0 Å². The largest absolute Gasteiger partial charge is 0.495 e. The van der Waals surface area contributed by atoms with Crippen molar-refractivity contribution in [1.29, 1.82) is 0 Å². The average molecular weight is 413 g/mol. The molecule has 150 valence electrons. The zero-order chi connectivity index (χ0) is 21.0. The smallest absolute Gasteiger partial charge is 0.281 e. The Bertz CT molecular complexity index is 1010. The molecule has 1 saturated heterocycles. The molecule has 9 heteroatoms. The quantitative estimate of drug-likeness (QED) is 0.527. The highest BCUT2D eigenvalue weighted by atomic mass is 32.1. The summed E-state index contributed by atoms with van der Waals surface area (Å²) in [4.78, 5) is 25.2. The molecule has 0 spiro atoms. The first-order valence-corrected chi connectivity index (χ1v) is 8.94. The summed E-state index contributed by atoms with van der Waals surface area (Å²) in [5.41, 5.74) is 6.62. The second kappa shape index (κ2) is 8.61. The van der Waals surface area contributed by atoms with E-state index in [0.29, 0.717) is 34.2 Å².